The van der Waals surface area contributed by atoms with Gasteiger partial charge in [-0.1, -0.05) is 48.5 Å². The highest BCUT2D eigenvalue weighted by Gasteiger charge is 2.36. The van der Waals surface area contributed by atoms with Crippen LogP contribution in [-0.4, -0.2) is 40.2 Å². The van der Waals surface area contributed by atoms with E-state index in [1.165, 1.54) is 13.2 Å². The summed E-state index contributed by atoms with van der Waals surface area (Å²) in [6.07, 6.45) is 3.47. The summed E-state index contributed by atoms with van der Waals surface area (Å²) in [7, 11) is 1.49. The Hall–Kier alpha value is -4.37. The monoisotopic (exact) mass is 515 g/mol. The number of nitrogens with one attached hydrogen (secondary N) is 1. The molecular formula is C28H22FN3O4S. The zero-order valence-electron chi connectivity index (χ0n) is 19.8. The first-order chi connectivity index (χ1) is 17.9. The smallest absolute Gasteiger partial charge is 0.294 e. The van der Waals surface area contributed by atoms with E-state index in [0.717, 1.165) is 33.1 Å². The maximum Gasteiger partial charge on any atom is 0.294 e. The number of para-hydroxylation sites is 3. The minimum Gasteiger partial charge on any atom is -0.495 e. The minimum absolute atomic E-state index is 0.212. The number of anilines is 1. The van der Waals surface area contributed by atoms with E-state index < -0.39 is 23.6 Å². The molecule has 3 amide bonds. The Bertz CT molecular complexity index is 1560. The van der Waals surface area contributed by atoms with E-state index in [1.54, 1.807) is 48.5 Å². The molecule has 4 aromatic rings. The molecule has 186 valence electrons. The fourth-order valence-electron chi connectivity index (χ4n) is 4.19. The summed E-state index contributed by atoms with van der Waals surface area (Å²) in [6, 6.07) is 21.0. The van der Waals surface area contributed by atoms with E-state index in [1.807, 2.05) is 35.0 Å². The molecule has 1 saturated heterocycles. The van der Waals surface area contributed by atoms with Crippen molar-refractivity contribution in [3.05, 3.63) is 101 Å². The molecule has 0 unspecified atom stereocenters. The maximum absolute atomic E-state index is 14.3. The van der Waals surface area contributed by atoms with Gasteiger partial charge in [0.15, 0.2) is 0 Å². The second-order valence-corrected chi connectivity index (χ2v) is 9.33. The maximum atomic E-state index is 14.3. The molecule has 5 rings (SSSR count). The van der Waals surface area contributed by atoms with Gasteiger partial charge in [-0.2, -0.15) is 0 Å². The third-order valence-corrected chi connectivity index (χ3v) is 6.87. The predicted molar refractivity (Wildman–Crippen MR) is 142 cm³/mol. The number of carbonyl (C=O) groups excluding carboxylic acids is 3. The van der Waals surface area contributed by atoms with E-state index >= 15 is 0 Å². The number of halogens is 1. The number of imide groups is 1. The highest BCUT2D eigenvalue weighted by atomic mass is 32.2. The molecule has 1 N–H and O–H groups in total. The second kappa shape index (κ2) is 10.3. The average molecular weight is 516 g/mol. The van der Waals surface area contributed by atoms with Gasteiger partial charge in [0.25, 0.3) is 11.1 Å². The van der Waals surface area contributed by atoms with Crippen LogP contribution in [0.1, 0.15) is 11.1 Å². The van der Waals surface area contributed by atoms with Gasteiger partial charge >= 0.3 is 0 Å². The molecule has 0 bridgehead atoms. The van der Waals surface area contributed by atoms with Gasteiger partial charge < -0.3 is 14.6 Å². The van der Waals surface area contributed by atoms with Gasteiger partial charge in [-0.25, -0.2) is 4.39 Å². The molecule has 0 radical (unpaired) electrons. The Kier molecular flexibility index (Phi) is 6.78. The number of rotatable bonds is 7. The number of methoxy groups -OCH3 is 1. The van der Waals surface area contributed by atoms with Gasteiger partial charge in [0, 0.05) is 28.2 Å². The molecule has 0 atom stereocenters. The number of nitrogens with zero attached hydrogens (tertiary/aromatic N) is 2. The number of hydrogen-bond donors (Lipinski definition) is 1. The van der Waals surface area contributed by atoms with Gasteiger partial charge in [-0.05, 0) is 42.1 Å². The molecular weight excluding hydrogens is 493 g/mol. The van der Waals surface area contributed by atoms with Crippen molar-refractivity contribution in [1.82, 2.24) is 9.47 Å². The van der Waals surface area contributed by atoms with E-state index in [9.17, 15) is 18.8 Å². The first-order valence-corrected chi connectivity index (χ1v) is 12.3. The minimum atomic E-state index is -0.545. The zero-order chi connectivity index (χ0) is 25.9. The van der Waals surface area contributed by atoms with Crippen LogP contribution in [0, 0.1) is 5.82 Å². The number of aromatic nitrogens is 1. The fourth-order valence-corrected chi connectivity index (χ4v) is 5.02. The van der Waals surface area contributed by atoms with E-state index in [-0.39, 0.29) is 10.7 Å². The first-order valence-electron chi connectivity index (χ1n) is 11.4. The summed E-state index contributed by atoms with van der Waals surface area (Å²) in [4.78, 5) is 39.4. The number of ether oxygens (including phenoxy) is 1. The van der Waals surface area contributed by atoms with E-state index in [2.05, 4.69) is 5.32 Å². The largest absolute Gasteiger partial charge is 0.495 e. The van der Waals surface area contributed by atoms with Crippen molar-refractivity contribution in [3.63, 3.8) is 0 Å². The van der Waals surface area contributed by atoms with Gasteiger partial charge in [-0.15, -0.1) is 0 Å². The van der Waals surface area contributed by atoms with Crippen molar-refractivity contribution in [2.75, 3.05) is 19.0 Å². The van der Waals surface area contributed by atoms with Gasteiger partial charge in [0.05, 0.1) is 24.2 Å². The molecule has 7 nitrogen and oxygen atoms in total. The van der Waals surface area contributed by atoms with Crippen molar-refractivity contribution in [3.8, 4) is 5.75 Å². The SMILES string of the molecule is COc1ccccc1NC(=O)CN1C(=O)S/C(=C\c2cn(Cc3ccccc3F)c3ccccc23)C1=O. The number of benzene rings is 3. The van der Waals surface area contributed by atoms with Gasteiger partial charge in [-0.3, -0.25) is 19.3 Å². The van der Waals surface area contributed by atoms with Crippen LogP contribution in [0.25, 0.3) is 17.0 Å². The van der Waals surface area contributed by atoms with Crippen molar-refractivity contribution in [1.29, 1.82) is 0 Å². The molecule has 3 aromatic carbocycles. The lowest BCUT2D eigenvalue weighted by molar-refractivity contribution is -0.127. The number of thioether (sulfide) groups is 1. The van der Waals surface area contributed by atoms with Crippen molar-refractivity contribution < 1.29 is 23.5 Å². The molecule has 9 heteroatoms. The fraction of sp³-hybridized carbons (Fsp3) is 0.107. The Morgan fingerprint density at radius 3 is 2.57 bits per heavy atom. The second-order valence-electron chi connectivity index (χ2n) is 8.34. The number of hydrogen-bond acceptors (Lipinski definition) is 5. The van der Waals surface area contributed by atoms with Crippen LogP contribution in [0.2, 0.25) is 0 Å². The lowest BCUT2D eigenvalue weighted by Crippen LogP contribution is -2.36. The summed E-state index contributed by atoms with van der Waals surface area (Å²) in [5.74, 6) is -0.892. The third kappa shape index (κ3) is 4.99. The van der Waals surface area contributed by atoms with E-state index in [4.69, 9.17) is 4.74 Å². The van der Waals surface area contributed by atoms with Crippen LogP contribution in [0.3, 0.4) is 0 Å². The summed E-state index contributed by atoms with van der Waals surface area (Å²) in [5.41, 5.74) is 2.57. The number of fused-ring (bicyclic) bond motifs is 1. The molecule has 0 saturated carbocycles. The number of amides is 3. The van der Waals surface area contributed by atoms with Crippen molar-refractivity contribution in [2.45, 2.75) is 6.54 Å². The molecule has 1 aromatic heterocycles. The lowest BCUT2D eigenvalue weighted by atomic mass is 10.1. The highest BCUT2D eigenvalue weighted by Crippen LogP contribution is 2.34. The highest BCUT2D eigenvalue weighted by molar-refractivity contribution is 8.18. The molecule has 1 aliphatic rings. The summed E-state index contributed by atoms with van der Waals surface area (Å²) < 4.78 is 21.4. The molecule has 2 heterocycles. The predicted octanol–water partition coefficient (Wildman–Crippen LogP) is 5.51. The van der Waals surface area contributed by atoms with Crippen LogP contribution >= 0.6 is 11.8 Å². The topological polar surface area (TPSA) is 80.6 Å². The molecule has 0 spiro atoms. The van der Waals surface area contributed by atoms with Crippen LogP contribution in [0.5, 0.6) is 5.75 Å². The van der Waals surface area contributed by atoms with Gasteiger partial charge in [0.1, 0.15) is 18.1 Å². The Morgan fingerprint density at radius 2 is 1.76 bits per heavy atom. The third-order valence-electron chi connectivity index (χ3n) is 5.96. The van der Waals surface area contributed by atoms with Crippen LogP contribution in [-0.2, 0) is 16.1 Å². The average Bonchev–Trinajstić information content (AvgIpc) is 3.37. The quantitative estimate of drug-likeness (QED) is 0.328. The molecule has 37 heavy (non-hydrogen) atoms. The summed E-state index contributed by atoms with van der Waals surface area (Å²) in [6.45, 7) is -0.110. The molecule has 0 aliphatic carbocycles. The van der Waals surface area contributed by atoms with Crippen LogP contribution < -0.4 is 10.1 Å². The molecule has 1 aliphatic heterocycles. The van der Waals surface area contributed by atoms with Crippen LogP contribution in [0.4, 0.5) is 14.9 Å². The standard InChI is InChI=1S/C28H22FN3O4S/c1-36-24-13-7-5-11-22(24)30-26(33)17-32-27(34)25(37-28(32)35)14-19-16-31(23-12-6-3-9-20(19)23)15-18-8-2-4-10-21(18)29/h2-14,16H,15,17H2,1H3,(H,30,33)/b25-14-. The first kappa shape index (κ1) is 24.3. The normalized spacial score (nSPS) is 14.5. The number of carbonyl (C=O) groups is 3. The summed E-state index contributed by atoms with van der Waals surface area (Å²) >= 11 is 0.781. The van der Waals surface area contributed by atoms with Crippen LogP contribution in [0.15, 0.2) is 83.9 Å². The Morgan fingerprint density at radius 1 is 1.03 bits per heavy atom. The summed E-state index contributed by atoms with van der Waals surface area (Å²) in [5, 5.41) is 3.01. The van der Waals surface area contributed by atoms with Gasteiger partial charge in [0.2, 0.25) is 5.91 Å². The molecule has 1 fully saturated rings. The van der Waals surface area contributed by atoms with Crippen molar-refractivity contribution >= 4 is 51.5 Å². The Labute approximate surface area is 216 Å². The van der Waals surface area contributed by atoms with E-state index in [0.29, 0.717) is 23.5 Å². The lowest BCUT2D eigenvalue weighted by Gasteiger charge is -2.14. The van der Waals surface area contributed by atoms with Crippen molar-refractivity contribution in [2.24, 2.45) is 0 Å². The zero-order valence-corrected chi connectivity index (χ0v) is 20.6. The Balaban J connectivity index is 1.38.